The van der Waals surface area contributed by atoms with Crippen molar-refractivity contribution in [2.24, 2.45) is 4.99 Å². The predicted molar refractivity (Wildman–Crippen MR) is 114 cm³/mol. The molecule has 0 aliphatic rings. The summed E-state index contributed by atoms with van der Waals surface area (Å²) < 4.78 is 1.12. The number of aromatic nitrogens is 2. The SMILES string of the molecule is Cc1c(N=Cc2c(O)n(-c3ccccn3)c(=O)c3ccccc23)cccc1[N+](=O)[O-]. The van der Waals surface area contributed by atoms with Gasteiger partial charge in [0.2, 0.25) is 5.88 Å². The molecule has 0 unspecified atom stereocenters. The van der Waals surface area contributed by atoms with Gasteiger partial charge in [0.15, 0.2) is 0 Å². The lowest BCUT2D eigenvalue weighted by Gasteiger charge is -2.12. The molecule has 0 aliphatic carbocycles. The van der Waals surface area contributed by atoms with Crippen molar-refractivity contribution in [3.8, 4) is 11.7 Å². The average Bonchev–Trinajstić information content (AvgIpc) is 2.75. The first-order valence-electron chi connectivity index (χ1n) is 9.05. The summed E-state index contributed by atoms with van der Waals surface area (Å²) in [4.78, 5) is 32.2. The smallest absolute Gasteiger partial charge is 0.274 e. The summed E-state index contributed by atoms with van der Waals surface area (Å²) >= 11 is 0. The van der Waals surface area contributed by atoms with Gasteiger partial charge in [0.05, 0.1) is 21.7 Å². The minimum Gasteiger partial charge on any atom is -0.494 e. The van der Waals surface area contributed by atoms with Gasteiger partial charge in [-0.25, -0.2) is 9.55 Å². The molecule has 8 heteroatoms. The fraction of sp³-hybridized carbons (Fsp3) is 0.0455. The molecule has 0 atom stereocenters. The standard InChI is InChI=1S/C22H16N4O4/c1-14-18(9-6-10-19(14)26(29)30)24-13-17-15-7-2-3-8-16(15)21(27)25(22(17)28)20-11-4-5-12-23-20/h2-13,28H,1H3. The van der Waals surface area contributed by atoms with E-state index in [4.69, 9.17) is 0 Å². The van der Waals surface area contributed by atoms with Crippen LogP contribution in [0.4, 0.5) is 11.4 Å². The minimum atomic E-state index is -0.470. The third-order valence-corrected chi connectivity index (χ3v) is 4.79. The summed E-state index contributed by atoms with van der Waals surface area (Å²) in [5.41, 5.74) is 0.647. The maximum absolute atomic E-state index is 13.0. The van der Waals surface area contributed by atoms with E-state index in [0.717, 1.165) is 4.57 Å². The second kappa shape index (κ2) is 7.59. The van der Waals surface area contributed by atoms with Gasteiger partial charge >= 0.3 is 0 Å². The molecule has 2 aromatic carbocycles. The van der Waals surface area contributed by atoms with E-state index >= 15 is 0 Å². The Bertz CT molecular complexity index is 1360. The predicted octanol–water partition coefficient (Wildman–Crippen LogP) is 4.06. The van der Waals surface area contributed by atoms with Crippen molar-refractivity contribution in [3.05, 3.63) is 98.5 Å². The highest BCUT2D eigenvalue weighted by Crippen LogP contribution is 2.29. The van der Waals surface area contributed by atoms with Crippen LogP contribution in [-0.2, 0) is 0 Å². The summed E-state index contributed by atoms with van der Waals surface area (Å²) in [5.74, 6) is -0.0452. The Morgan fingerprint density at radius 2 is 1.80 bits per heavy atom. The quantitative estimate of drug-likeness (QED) is 0.315. The van der Waals surface area contributed by atoms with Crippen LogP contribution >= 0.6 is 0 Å². The van der Waals surface area contributed by atoms with Gasteiger partial charge in [0.25, 0.3) is 11.2 Å². The molecule has 0 saturated carbocycles. The molecule has 4 rings (SSSR count). The number of rotatable bonds is 4. The third-order valence-electron chi connectivity index (χ3n) is 4.79. The Morgan fingerprint density at radius 1 is 1.07 bits per heavy atom. The van der Waals surface area contributed by atoms with Crippen LogP contribution in [0.5, 0.6) is 5.88 Å². The Balaban J connectivity index is 1.96. The van der Waals surface area contributed by atoms with Crippen LogP contribution in [0.15, 0.2) is 76.6 Å². The van der Waals surface area contributed by atoms with Gasteiger partial charge < -0.3 is 5.11 Å². The van der Waals surface area contributed by atoms with Gasteiger partial charge in [-0.3, -0.25) is 19.9 Å². The van der Waals surface area contributed by atoms with Crippen molar-refractivity contribution < 1.29 is 10.0 Å². The van der Waals surface area contributed by atoms with E-state index in [1.165, 1.54) is 18.5 Å². The first-order valence-corrected chi connectivity index (χ1v) is 9.05. The van der Waals surface area contributed by atoms with Crippen LogP contribution in [0.1, 0.15) is 11.1 Å². The Kier molecular flexibility index (Phi) is 4.81. The fourth-order valence-electron chi connectivity index (χ4n) is 3.27. The highest BCUT2D eigenvalue weighted by Gasteiger charge is 2.17. The normalized spacial score (nSPS) is 11.2. The molecule has 2 aromatic heterocycles. The first kappa shape index (κ1) is 19.0. The maximum atomic E-state index is 13.0. The summed E-state index contributed by atoms with van der Waals surface area (Å²) in [6.45, 7) is 1.61. The monoisotopic (exact) mass is 400 g/mol. The second-order valence-corrected chi connectivity index (χ2v) is 6.55. The van der Waals surface area contributed by atoms with Crippen molar-refractivity contribution in [2.45, 2.75) is 6.92 Å². The lowest BCUT2D eigenvalue weighted by atomic mass is 10.1. The summed E-state index contributed by atoms with van der Waals surface area (Å²) in [7, 11) is 0. The summed E-state index contributed by atoms with van der Waals surface area (Å²) in [5, 5.41) is 23.0. The number of hydrogen-bond acceptors (Lipinski definition) is 6. The maximum Gasteiger partial charge on any atom is 0.274 e. The minimum absolute atomic E-state index is 0.0443. The Hall–Kier alpha value is -4.33. The van der Waals surface area contributed by atoms with Crippen LogP contribution in [0, 0.1) is 17.0 Å². The molecule has 0 amide bonds. The number of nitro groups is 1. The molecule has 0 saturated heterocycles. The van der Waals surface area contributed by atoms with E-state index in [1.807, 2.05) is 0 Å². The number of hydrogen-bond donors (Lipinski definition) is 1. The van der Waals surface area contributed by atoms with E-state index in [0.29, 0.717) is 27.6 Å². The zero-order valence-corrected chi connectivity index (χ0v) is 15.9. The zero-order chi connectivity index (χ0) is 21.3. The van der Waals surface area contributed by atoms with Crippen molar-refractivity contribution >= 4 is 28.4 Å². The van der Waals surface area contributed by atoms with Crippen molar-refractivity contribution in [3.63, 3.8) is 0 Å². The molecule has 0 spiro atoms. The topological polar surface area (TPSA) is 111 Å². The lowest BCUT2D eigenvalue weighted by Crippen LogP contribution is -2.20. The Labute approximate surface area is 170 Å². The third kappa shape index (κ3) is 3.20. The lowest BCUT2D eigenvalue weighted by molar-refractivity contribution is -0.385. The largest absolute Gasteiger partial charge is 0.494 e. The van der Waals surface area contributed by atoms with Crippen LogP contribution in [0.3, 0.4) is 0 Å². The van der Waals surface area contributed by atoms with Crippen molar-refractivity contribution in [2.75, 3.05) is 0 Å². The molecular formula is C22H16N4O4. The Morgan fingerprint density at radius 3 is 2.50 bits per heavy atom. The van der Waals surface area contributed by atoms with Gasteiger partial charge in [0.1, 0.15) is 5.82 Å². The second-order valence-electron chi connectivity index (χ2n) is 6.55. The number of nitro benzene ring substituents is 1. The molecule has 2 heterocycles. The summed E-state index contributed by atoms with van der Waals surface area (Å²) in [6, 6.07) is 16.5. The van der Waals surface area contributed by atoms with Crippen molar-refractivity contribution in [1.82, 2.24) is 9.55 Å². The molecule has 0 fully saturated rings. The molecule has 148 valence electrons. The first-order chi connectivity index (χ1) is 14.5. The van der Waals surface area contributed by atoms with Crippen LogP contribution in [0.25, 0.3) is 16.6 Å². The molecule has 4 aromatic rings. The summed E-state index contributed by atoms with van der Waals surface area (Å²) in [6.07, 6.45) is 2.93. The van der Waals surface area contributed by atoms with Gasteiger partial charge in [-0.05, 0) is 31.2 Å². The van der Waals surface area contributed by atoms with Gasteiger partial charge in [0, 0.05) is 29.3 Å². The number of nitrogens with zero attached hydrogens (tertiary/aromatic N) is 4. The van der Waals surface area contributed by atoms with E-state index in [-0.39, 0.29) is 17.4 Å². The molecule has 0 radical (unpaired) electrons. The van der Waals surface area contributed by atoms with Gasteiger partial charge in [-0.15, -0.1) is 0 Å². The number of aromatic hydroxyl groups is 1. The molecule has 30 heavy (non-hydrogen) atoms. The average molecular weight is 400 g/mol. The number of aliphatic imine (C=N–C) groups is 1. The van der Waals surface area contributed by atoms with Gasteiger partial charge in [-0.1, -0.05) is 30.3 Å². The fourth-order valence-corrected chi connectivity index (χ4v) is 3.27. The van der Waals surface area contributed by atoms with E-state index < -0.39 is 10.5 Å². The molecule has 0 aliphatic heterocycles. The van der Waals surface area contributed by atoms with Crippen molar-refractivity contribution in [1.29, 1.82) is 0 Å². The molecule has 1 N–H and O–H groups in total. The molecular weight excluding hydrogens is 384 g/mol. The van der Waals surface area contributed by atoms with E-state index in [2.05, 4.69) is 9.98 Å². The van der Waals surface area contributed by atoms with Crippen LogP contribution in [0.2, 0.25) is 0 Å². The highest BCUT2D eigenvalue weighted by atomic mass is 16.6. The number of pyridine rings is 2. The van der Waals surface area contributed by atoms with Crippen LogP contribution in [-0.4, -0.2) is 25.8 Å². The van der Waals surface area contributed by atoms with Crippen LogP contribution < -0.4 is 5.56 Å². The van der Waals surface area contributed by atoms with Gasteiger partial charge in [-0.2, -0.15) is 0 Å². The molecule has 0 bridgehead atoms. The molecule has 8 nitrogen and oxygen atoms in total. The zero-order valence-electron chi connectivity index (χ0n) is 15.9. The number of benzene rings is 2. The number of fused-ring (bicyclic) bond motifs is 1. The van der Waals surface area contributed by atoms with E-state index in [1.54, 1.807) is 61.5 Å². The highest BCUT2D eigenvalue weighted by molar-refractivity contribution is 6.02. The van der Waals surface area contributed by atoms with E-state index in [9.17, 15) is 20.0 Å².